The zero-order valence-electron chi connectivity index (χ0n) is 7.94. The number of carbonyl (C=O) groups excluding carboxylic acids is 1. The summed E-state index contributed by atoms with van der Waals surface area (Å²) in [5.41, 5.74) is 0. The number of hydrogen-bond donors (Lipinski definition) is 1. The van der Waals surface area contributed by atoms with Crippen LogP contribution in [0.2, 0.25) is 0 Å². The van der Waals surface area contributed by atoms with Gasteiger partial charge in [-0.1, -0.05) is 23.2 Å². The Morgan fingerprint density at radius 2 is 1.54 bits per heavy atom. The fourth-order valence-electron chi connectivity index (χ4n) is 1.09. The maximum atomic E-state index is 11.3. The highest BCUT2D eigenvalue weighted by Gasteiger charge is 2.61. The van der Waals surface area contributed by atoms with E-state index in [4.69, 9.17) is 34.8 Å². The molecule has 0 aromatic carbocycles. The Labute approximate surface area is 92.8 Å². The lowest BCUT2D eigenvalue weighted by Gasteiger charge is -2.43. The lowest BCUT2D eigenvalue weighted by Crippen LogP contribution is -2.66. The molecule has 0 aliphatic rings. The highest BCUT2D eigenvalue weighted by atomic mass is 35.5. The average molecular weight is 250 g/mol. The van der Waals surface area contributed by atoms with Crippen LogP contribution in [0.5, 0.6) is 0 Å². The van der Waals surface area contributed by atoms with Crippen molar-refractivity contribution in [1.82, 2.24) is 0 Å². The molecule has 1 N–H and O–H groups in total. The lowest BCUT2D eigenvalue weighted by molar-refractivity contribution is -0.901. The minimum atomic E-state index is -2.31. The Hall–Kier alpha value is 0.460. The molecular formula is C7H13Cl3NO2+. The average Bonchev–Trinajstić information content (AvgIpc) is 1.80. The molecule has 0 spiro atoms. The van der Waals surface area contributed by atoms with Crippen molar-refractivity contribution >= 4 is 40.6 Å². The van der Waals surface area contributed by atoms with Gasteiger partial charge in [0, 0.05) is 6.92 Å². The van der Waals surface area contributed by atoms with Crippen LogP contribution < -0.4 is 0 Å². The number of hydrogen-bond acceptors (Lipinski definition) is 2. The van der Waals surface area contributed by atoms with Gasteiger partial charge in [0.2, 0.25) is 5.78 Å². The van der Waals surface area contributed by atoms with Crippen LogP contribution in [0, 0.1) is 0 Å². The van der Waals surface area contributed by atoms with Crippen molar-refractivity contribution in [2.45, 2.75) is 16.4 Å². The van der Waals surface area contributed by atoms with Crippen molar-refractivity contribution in [3.05, 3.63) is 0 Å². The van der Waals surface area contributed by atoms with Crippen LogP contribution >= 0.6 is 34.8 Å². The molecule has 1 unspecified atom stereocenters. The monoisotopic (exact) mass is 248 g/mol. The normalized spacial score (nSPS) is 18.2. The van der Waals surface area contributed by atoms with Crippen LogP contribution in [-0.4, -0.2) is 46.0 Å². The summed E-state index contributed by atoms with van der Waals surface area (Å²) in [5.74, 6) is -0.492. The minimum absolute atomic E-state index is 0.0760. The largest absolute Gasteiger partial charge is 0.356 e. The molecule has 0 bridgehead atoms. The van der Waals surface area contributed by atoms with E-state index in [2.05, 4.69) is 0 Å². The summed E-state index contributed by atoms with van der Waals surface area (Å²) in [6, 6.07) is 0. The Balaban J connectivity index is 5.35. The highest BCUT2D eigenvalue weighted by Crippen LogP contribution is 2.42. The molecule has 0 rings (SSSR count). The number of Topliss-reactive ketones (excluding diaryl/α,β-unsaturated/α-hetero) is 1. The molecular weight excluding hydrogens is 236 g/mol. The molecule has 0 saturated carbocycles. The Morgan fingerprint density at radius 3 is 1.54 bits per heavy atom. The molecule has 3 nitrogen and oxygen atoms in total. The number of quaternary nitrogens is 1. The first-order chi connectivity index (χ1) is 5.44. The Kier molecular flexibility index (Phi) is 3.68. The molecule has 0 amide bonds. The van der Waals surface area contributed by atoms with E-state index in [1.807, 2.05) is 0 Å². The molecule has 0 saturated heterocycles. The van der Waals surface area contributed by atoms with Gasteiger partial charge >= 0.3 is 0 Å². The van der Waals surface area contributed by atoms with Crippen LogP contribution in [0.4, 0.5) is 0 Å². The van der Waals surface area contributed by atoms with Crippen molar-refractivity contribution < 1.29 is 14.4 Å². The zero-order chi connectivity index (χ0) is 11.1. The maximum Gasteiger partial charge on any atom is 0.294 e. The van der Waals surface area contributed by atoms with Gasteiger partial charge < -0.3 is 9.59 Å². The third kappa shape index (κ3) is 2.28. The third-order valence-electron chi connectivity index (χ3n) is 1.79. The molecule has 6 heteroatoms. The Morgan fingerprint density at radius 1 is 1.23 bits per heavy atom. The van der Waals surface area contributed by atoms with E-state index in [9.17, 15) is 9.90 Å². The first-order valence-electron chi connectivity index (χ1n) is 3.56. The topological polar surface area (TPSA) is 37.3 Å². The predicted molar refractivity (Wildman–Crippen MR) is 54.0 cm³/mol. The predicted octanol–water partition coefficient (Wildman–Crippen LogP) is 1.34. The summed E-state index contributed by atoms with van der Waals surface area (Å²) in [6.07, 6.45) is 0. The summed E-state index contributed by atoms with van der Waals surface area (Å²) in [5, 5.41) is 9.41. The first kappa shape index (κ1) is 13.5. The Bertz CT molecular complexity index is 203. The van der Waals surface area contributed by atoms with Gasteiger partial charge in [-0.25, -0.2) is 0 Å². The van der Waals surface area contributed by atoms with Crippen molar-refractivity contribution in [3.63, 3.8) is 0 Å². The van der Waals surface area contributed by atoms with E-state index in [1.54, 1.807) is 21.1 Å². The van der Waals surface area contributed by atoms with Crippen molar-refractivity contribution in [1.29, 1.82) is 0 Å². The second-order valence-electron chi connectivity index (χ2n) is 3.73. The number of rotatable bonds is 3. The molecule has 0 fully saturated rings. The lowest BCUT2D eigenvalue weighted by atomic mass is 10.1. The fourth-order valence-corrected chi connectivity index (χ4v) is 1.86. The van der Waals surface area contributed by atoms with Crippen molar-refractivity contribution in [2.75, 3.05) is 21.1 Å². The van der Waals surface area contributed by atoms with E-state index >= 15 is 0 Å². The van der Waals surface area contributed by atoms with Gasteiger partial charge in [0.05, 0.1) is 21.1 Å². The summed E-state index contributed by atoms with van der Waals surface area (Å²) < 4.78 is -2.38. The molecule has 0 heterocycles. The quantitative estimate of drug-likeness (QED) is 0.466. The third-order valence-corrected chi connectivity index (χ3v) is 3.58. The second-order valence-corrected chi connectivity index (χ2v) is 5.57. The van der Waals surface area contributed by atoms with Gasteiger partial charge in [-0.15, -0.1) is 0 Å². The summed E-state index contributed by atoms with van der Waals surface area (Å²) in [6.45, 7) is 1.23. The fraction of sp³-hybridized carbons (Fsp3) is 0.857. The number of aliphatic hydroxyl groups is 1. The summed E-state index contributed by atoms with van der Waals surface area (Å²) in [7, 11) is 4.85. The number of ketones is 1. The van der Waals surface area contributed by atoms with Gasteiger partial charge in [0.15, 0.2) is 0 Å². The van der Waals surface area contributed by atoms with Crippen LogP contribution in [0.25, 0.3) is 0 Å². The van der Waals surface area contributed by atoms with Crippen LogP contribution in [-0.2, 0) is 4.79 Å². The standard InChI is InChI=1S/C7H13Cl3NO2/c1-5(12)6(8,7(9,10)13)11(2,3)4/h13H,1-4H3/q+1. The van der Waals surface area contributed by atoms with Crippen LogP contribution in [0.1, 0.15) is 6.92 Å². The SMILES string of the molecule is CC(=O)C(Cl)(C(O)(Cl)Cl)[N+](C)(C)C. The van der Waals surface area contributed by atoms with E-state index in [0.717, 1.165) is 0 Å². The maximum absolute atomic E-state index is 11.3. The van der Waals surface area contributed by atoms with Crippen LogP contribution in [0.3, 0.4) is 0 Å². The number of alkyl halides is 3. The van der Waals surface area contributed by atoms with Gasteiger partial charge in [0.25, 0.3) is 9.52 Å². The second kappa shape index (κ2) is 3.55. The van der Waals surface area contributed by atoms with Crippen LogP contribution in [0.15, 0.2) is 0 Å². The molecule has 13 heavy (non-hydrogen) atoms. The number of nitrogens with zero attached hydrogens (tertiary/aromatic N) is 1. The molecule has 0 aliphatic carbocycles. The molecule has 1 atom stereocenters. The minimum Gasteiger partial charge on any atom is -0.356 e. The van der Waals surface area contributed by atoms with Gasteiger partial charge in [-0.2, -0.15) is 0 Å². The van der Waals surface area contributed by atoms with Crippen molar-refractivity contribution in [3.8, 4) is 0 Å². The van der Waals surface area contributed by atoms with E-state index in [-0.39, 0.29) is 4.48 Å². The van der Waals surface area contributed by atoms with E-state index in [0.29, 0.717) is 0 Å². The summed E-state index contributed by atoms with van der Waals surface area (Å²) in [4.78, 5) is 9.51. The molecule has 0 radical (unpaired) electrons. The van der Waals surface area contributed by atoms with Gasteiger partial charge in [-0.05, 0) is 11.6 Å². The van der Waals surface area contributed by atoms with Gasteiger partial charge in [0.1, 0.15) is 0 Å². The molecule has 0 aliphatic heterocycles. The molecule has 0 aromatic heterocycles. The number of likely N-dealkylation sites (N-methyl/N-ethyl adjacent to an activating group) is 1. The van der Waals surface area contributed by atoms with E-state index in [1.165, 1.54) is 6.92 Å². The van der Waals surface area contributed by atoms with Crippen molar-refractivity contribution in [2.24, 2.45) is 0 Å². The number of halogens is 3. The molecule has 0 aromatic rings. The summed E-state index contributed by atoms with van der Waals surface area (Å²) >= 11 is 16.9. The first-order valence-corrected chi connectivity index (χ1v) is 4.69. The van der Waals surface area contributed by atoms with Gasteiger partial charge in [-0.3, -0.25) is 4.79 Å². The highest BCUT2D eigenvalue weighted by molar-refractivity contribution is 6.55. The zero-order valence-corrected chi connectivity index (χ0v) is 10.2. The molecule has 78 valence electrons. The smallest absolute Gasteiger partial charge is 0.294 e. The van der Waals surface area contributed by atoms with E-state index < -0.39 is 15.3 Å². The number of carbonyl (C=O) groups is 1.